The van der Waals surface area contributed by atoms with Gasteiger partial charge >= 0.3 is 0 Å². The van der Waals surface area contributed by atoms with Crippen LogP contribution in [0.15, 0.2) is 52.9 Å². The molecule has 7 heteroatoms. The minimum Gasteiger partial charge on any atom is -0.350 e. The van der Waals surface area contributed by atoms with Crippen molar-refractivity contribution < 1.29 is 9.59 Å². The molecule has 0 saturated carbocycles. The number of carbonyl (C=O) groups excluding carboxylic acids is 2. The van der Waals surface area contributed by atoms with Gasteiger partial charge in [0.2, 0.25) is 11.8 Å². The number of carbonyl (C=O) groups is 2. The Morgan fingerprint density at radius 3 is 2.79 bits per heavy atom. The first-order valence-corrected chi connectivity index (χ1v) is 11.0. The van der Waals surface area contributed by atoms with Crippen LogP contribution in [0.3, 0.4) is 0 Å². The fraction of sp³-hybridized carbons (Fsp3) is 0.286. The summed E-state index contributed by atoms with van der Waals surface area (Å²) < 4.78 is 0. The van der Waals surface area contributed by atoms with E-state index in [0.717, 1.165) is 26.4 Å². The Morgan fingerprint density at radius 1 is 1.21 bits per heavy atom. The average Bonchev–Trinajstić information content (AvgIpc) is 3.22. The van der Waals surface area contributed by atoms with Gasteiger partial charge in [0.1, 0.15) is 0 Å². The normalized spacial score (nSPS) is 10.8. The highest BCUT2D eigenvalue weighted by molar-refractivity contribution is 7.99. The molecule has 3 aromatic rings. The van der Waals surface area contributed by atoms with Crippen molar-refractivity contribution in [2.75, 3.05) is 18.8 Å². The highest BCUT2D eigenvalue weighted by atomic mass is 32.2. The van der Waals surface area contributed by atoms with E-state index in [1.165, 1.54) is 11.8 Å². The fourth-order valence-corrected chi connectivity index (χ4v) is 4.35. The van der Waals surface area contributed by atoms with Crippen molar-refractivity contribution in [3.8, 4) is 0 Å². The molecule has 1 N–H and O–H groups in total. The summed E-state index contributed by atoms with van der Waals surface area (Å²) >= 11 is 3.01. The first-order chi connectivity index (χ1) is 13.6. The number of likely N-dealkylation sites (N-methyl/N-ethyl adjacent to an activating group) is 1. The van der Waals surface area contributed by atoms with Crippen LogP contribution in [0, 0.1) is 6.92 Å². The molecule has 2 amide bonds. The monoisotopic (exact) mass is 413 g/mol. The number of pyridine rings is 1. The van der Waals surface area contributed by atoms with E-state index in [9.17, 15) is 9.59 Å². The number of rotatable bonds is 8. The van der Waals surface area contributed by atoms with Gasteiger partial charge in [0.25, 0.3) is 0 Å². The van der Waals surface area contributed by atoms with Gasteiger partial charge in [-0.1, -0.05) is 36.0 Å². The highest BCUT2D eigenvalue weighted by Crippen LogP contribution is 2.23. The number of hydrogen-bond donors (Lipinski definition) is 1. The number of thiophene rings is 1. The van der Waals surface area contributed by atoms with Crippen molar-refractivity contribution in [2.24, 2.45) is 0 Å². The highest BCUT2D eigenvalue weighted by Gasteiger charge is 2.16. The summed E-state index contributed by atoms with van der Waals surface area (Å²) in [6.07, 6.45) is 0. The number of nitrogens with zero attached hydrogens (tertiary/aromatic N) is 2. The van der Waals surface area contributed by atoms with E-state index in [4.69, 9.17) is 0 Å². The molecule has 28 heavy (non-hydrogen) atoms. The number of hydrogen-bond acceptors (Lipinski definition) is 5. The van der Waals surface area contributed by atoms with Gasteiger partial charge in [0, 0.05) is 16.8 Å². The van der Waals surface area contributed by atoms with Crippen LogP contribution in [-0.4, -0.2) is 40.5 Å². The molecule has 2 aromatic heterocycles. The van der Waals surface area contributed by atoms with Crippen LogP contribution in [0.4, 0.5) is 0 Å². The van der Waals surface area contributed by atoms with E-state index >= 15 is 0 Å². The van der Waals surface area contributed by atoms with Crippen LogP contribution < -0.4 is 5.32 Å². The zero-order valence-corrected chi connectivity index (χ0v) is 17.6. The zero-order valence-electron chi connectivity index (χ0n) is 16.0. The molecule has 0 aliphatic heterocycles. The Bertz CT molecular complexity index is 957. The van der Waals surface area contributed by atoms with Gasteiger partial charge in [0.15, 0.2) is 0 Å². The van der Waals surface area contributed by atoms with Gasteiger partial charge in [-0.05, 0) is 43.0 Å². The van der Waals surface area contributed by atoms with Crippen molar-refractivity contribution >= 4 is 45.8 Å². The van der Waals surface area contributed by atoms with Crippen LogP contribution in [-0.2, 0) is 16.1 Å². The van der Waals surface area contributed by atoms with Crippen molar-refractivity contribution in [2.45, 2.75) is 25.4 Å². The molecule has 0 aliphatic rings. The third-order valence-corrected chi connectivity index (χ3v) is 6.12. The molecule has 146 valence electrons. The maximum atomic E-state index is 12.6. The van der Waals surface area contributed by atoms with E-state index in [0.29, 0.717) is 13.1 Å². The Labute approximate surface area is 173 Å². The predicted octanol–water partition coefficient (Wildman–Crippen LogP) is 3.86. The summed E-state index contributed by atoms with van der Waals surface area (Å²) in [7, 11) is 0. The molecular weight excluding hydrogens is 390 g/mol. The molecule has 1 aromatic carbocycles. The SMILES string of the molecule is CCN(CC(=O)NCc1cccs1)C(=O)CSc1cc(C)c2ccccc2n1. The number of aryl methyl sites for hydroxylation is 1. The number of fused-ring (bicyclic) bond motifs is 1. The largest absolute Gasteiger partial charge is 0.350 e. The summed E-state index contributed by atoms with van der Waals surface area (Å²) in [6.45, 7) is 5.00. The van der Waals surface area contributed by atoms with Crippen molar-refractivity contribution in [1.29, 1.82) is 0 Å². The molecule has 0 aliphatic carbocycles. The van der Waals surface area contributed by atoms with Crippen LogP contribution in [0.25, 0.3) is 10.9 Å². The molecule has 0 bridgehead atoms. The van der Waals surface area contributed by atoms with Crippen molar-refractivity contribution in [3.63, 3.8) is 0 Å². The first-order valence-electron chi connectivity index (χ1n) is 9.13. The summed E-state index contributed by atoms with van der Waals surface area (Å²) in [4.78, 5) is 32.0. The number of thioether (sulfide) groups is 1. The molecule has 0 radical (unpaired) electrons. The van der Waals surface area contributed by atoms with Crippen LogP contribution in [0.1, 0.15) is 17.4 Å². The minimum absolute atomic E-state index is 0.0635. The van der Waals surface area contributed by atoms with Gasteiger partial charge in [-0.25, -0.2) is 4.98 Å². The average molecular weight is 414 g/mol. The van der Waals surface area contributed by atoms with Gasteiger partial charge in [0.05, 0.1) is 29.4 Å². The predicted molar refractivity (Wildman–Crippen MR) is 116 cm³/mol. The third-order valence-electron chi connectivity index (χ3n) is 4.35. The number of benzene rings is 1. The van der Waals surface area contributed by atoms with Gasteiger partial charge < -0.3 is 10.2 Å². The summed E-state index contributed by atoms with van der Waals surface area (Å²) in [5.41, 5.74) is 2.07. The maximum Gasteiger partial charge on any atom is 0.239 e. The smallest absolute Gasteiger partial charge is 0.239 e. The standard InChI is InChI=1S/C21H23N3O2S2/c1-3-24(13-19(25)22-12-16-7-6-10-27-16)21(26)14-28-20-11-15(2)17-8-4-5-9-18(17)23-20/h4-11H,3,12-14H2,1-2H3,(H,22,25). The summed E-state index contributed by atoms with van der Waals surface area (Å²) in [5, 5.41) is 6.78. The zero-order chi connectivity index (χ0) is 19.9. The summed E-state index contributed by atoms with van der Waals surface area (Å²) in [5.74, 6) is 0.0521. The Kier molecular flexibility index (Phi) is 7.06. The number of amides is 2. The molecule has 2 heterocycles. The van der Waals surface area contributed by atoms with Crippen LogP contribution >= 0.6 is 23.1 Å². The Hall–Kier alpha value is -2.38. The van der Waals surface area contributed by atoms with E-state index in [2.05, 4.69) is 10.3 Å². The van der Waals surface area contributed by atoms with Crippen molar-refractivity contribution in [3.05, 3.63) is 58.3 Å². The summed E-state index contributed by atoms with van der Waals surface area (Å²) in [6, 6.07) is 13.9. The van der Waals surface area contributed by atoms with E-state index in [-0.39, 0.29) is 24.1 Å². The lowest BCUT2D eigenvalue weighted by Crippen LogP contribution is -2.41. The molecule has 0 spiro atoms. The Morgan fingerprint density at radius 2 is 2.04 bits per heavy atom. The number of nitrogens with one attached hydrogen (secondary N) is 1. The minimum atomic E-state index is -0.145. The third kappa shape index (κ3) is 5.33. The molecule has 0 unspecified atom stereocenters. The first kappa shape index (κ1) is 20.4. The van der Waals surface area contributed by atoms with Gasteiger partial charge in [-0.2, -0.15) is 0 Å². The second-order valence-electron chi connectivity index (χ2n) is 6.35. The van der Waals surface area contributed by atoms with Gasteiger partial charge in [-0.15, -0.1) is 11.3 Å². The molecule has 0 saturated heterocycles. The second-order valence-corrected chi connectivity index (χ2v) is 8.38. The molecule has 0 atom stereocenters. The van der Waals surface area contributed by atoms with E-state index in [1.54, 1.807) is 16.2 Å². The van der Waals surface area contributed by atoms with Crippen molar-refractivity contribution in [1.82, 2.24) is 15.2 Å². The quantitative estimate of drug-likeness (QED) is 0.570. The van der Waals surface area contributed by atoms with Crippen LogP contribution in [0.2, 0.25) is 0 Å². The molecule has 3 rings (SSSR count). The molecule has 0 fully saturated rings. The lowest BCUT2D eigenvalue weighted by Gasteiger charge is -2.20. The van der Waals surface area contributed by atoms with E-state index in [1.807, 2.05) is 61.7 Å². The number of para-hydroxylation sites is 1. The lowest BCUT2D eigenvalue weighted by atomic mass is 10.1. The molecular formula is C21H23N3O2S2. The Balaban J connectivity index is 1.54. The van der Waals surface area contributed by atoms with Gasteiger partial charge in [-0.3, -0.25) is 9.59 Å². The second kappa shape index (κ2) is 9.71. The number of aromatic nitrogens is 1. The lowest BCUT2D eigenvalue weighted by molar-refractivity contribution is -0.133. The molecule has 5 nitrogen and oxygen atoms in total. The topological polar surface area (TPSA) is 62.3 Å². The fourth-order valence-electron chi connectivity index (χ4n) is 2.82. The van der Waals surface area contributed by atoms with E-state index < -0.39 is 0 Å². The maximum absolute atomic E-state index is 12.6. The van der Waals surface area contributed by atoms with Crippen LogP contribution in [0.5, 0.6) is 0 Å².